The Hall–Kier alpha value is -7.43. The van der Waals surface area contributed by atoms with Crippen LogP contribution in [0.3, 0.4) is 0 Å². The normalized spacial score (nSPS) is 11.6. The lowest BCUT2D eigenvalue weighted by molar-refractivity contribution is 0.669. The lowest BCUT2D eigenvalue weighted by Gasteiger charge is -2.15. The Morgan fingerprint density at radius 2 is 0.782 bits per heavy atom. The van der Waals surface area contributed by atoms with E-state index < -0.39 is 0 Å². The van der Waals surface area contributed by atoms with Gasteiger partial charge in [0, 0.05) is 21.9 Å². The van der Waals surface area contributed by atoms with E-state index in [0.717, 1.165) is 76.9 Å². The van der Waals surface area contributed by atoms with Crippen molar-refractivity contribution in [3.63, 3.8) is 0 Å². The fourth-order valence-electron chi connectivity index (χ4n) is 8.13. The first-order valence-corrected chi connectivity index (χ1v) is 18.5. The predicted octanol–water partition coefficient (Wildman–Crippen LogP) is 13.6. The lowest BCUT2D eigenvalue weighted by Crippen LogP contribution is -2.01. The van der Waals surface area contributed by atoms with Crippen molar-refractivity contribution in [3.8, 4) is 56.4 Å². The SMILES string of the molecule is c1ccc(-c2ccc(-c3nc(-c4ccc(-c5ccc6ccccc6c5)c5ccccc45)nc(-c4cccc5c4oc4ccccc45)n3)c3ccccc23)cc1. The van der Waals surface area contributed by atoms with Crippen LogP contribution < -0.4 is 0 Å². The number of rotatable bonds is 5. The minimum absolute atomic E-state index is 0.559. The van der Waals surface area contributed by atoms with Gasteiger partial charge in [0.1, 0.15) is 11.2 Å². The van der Waals surface area contributed by atoms with Gasteiger partial charge in [0.2, 0.25) is 0 Å². The van der Waals surface area contributed by atoms with Crippen LogP contribution in [0, 0.1) is 0 Å². The molecule has 4 heteroatoms. The maximum Gasteiger partial charge on any atom is 0.167 e. The van der Waals surface area contributed by atoms with Crippen LogP contribution in [0.2, 0.25) is 0 Å². The summed E-state index contributed by atoms with van der Waals surface area (Å²) >= 11 is 0. The minimum atomic E-state index is 0.559. The van der Waals surface area contributed by atoms with Crippen LogP contribution in [-0.4, -0.2) is 15.0 Å². The van der Waals surface area contributed by atoms with E-state index in [4.69, 9.17) is 19.4 Å². The van der Waals surface area contributed by atoms with E-state index in [0.29, 0.717) is 17.5 Å². The van der Waals surface area contributed by atoms with Crippen molar-refractivity contribution >= 4 is 54.3 Å². The summed E-state index contributed by atoms with van der Waals surface area (Å²) in [5.74, 6) is 1.76. The third kappa shape index (κ3) is 5.19. The number of aromatic nitrogens is 3. The number of para-hydroxylation sites is 2. The Balaban J connectivity index is 1.16. The van der Waals surface area contributed by atoms with Crippen molar-refractivity contribution in [3.05, 3.63) is 188 Å². The van der Waals surface area contributed by atoms with Gasteiger partial charge in [0.15, 0.2) is 17.5 Å². The molecule has 0 saturated heterocycles. The number of hydrogen-bond acceptors (Lipinski definition) is 4. The summed E-state index contributed by atoms with van der Waals surface area (Å²) in [7, 11) is 0. The highest BCUT2D eigenvalue weighted by Crippen LogP contribution is 2.40. The summed E-state index contributed by atoms with van der Waals surface area (Å²) in [5, 5.41) is 8.94. The van der Waals surface area contributed by atoms with E-state index in [1.54, 1.807) is 0 Å². The maximum absolute atomic E-state index is 6.53. The molecule has 55 heavy (non-hydrogen) atoms. The third-order valence-electron chi connectivity index (χ3n) is 10.8. The highest BCUT2D eigenvalue weighted by molar-refractivity contribution is 6.10. The molecule has 0 aliphatic rings. The highest BCUT2D eigenvalue weighted by atomic mass is 16.3. The molecule has 9 aromatic carbocycles. The first-order chi connectivity index (χ1) is 27.3. The second-order valence-electron chi connectivity index (χ2n) is 13.9. The summed E-state index contributed by atoms with van der Waals surface area (Å²) in [5.41, 5.74) is 8.94. The van der Waals surface area contributed by atoms with Gasteiger partial charge in [-0.3, -0.25) is 0 Å². The molecule has 0 N–H and O–H groups in total. The predicted molar refractivity (Wildman–Crippen MR) is 227 cm³/mol. The standard InChI is InChI=1S/C51H31N3O/c1-2-14-33(15-3-1)36-27-29-44(40-19-8-6-17-38(36)40)49-52-50(54-51(53-49)46-23-12-22-43-42-21-10-11-24-47(42)55-48(43)46)45-30-28-37(39-18-7-9-20-41(39)45)35-26-25-32-13-4-5-16-34(32)31-35/h1-31H. The van der Waals surface area contributed by atoms with Gasteiger partial charge in [-0.25, -0.2) is 15.0 Å². The molecule has 0 bridgehead atoms. The van der Waals surface area contributed by atoms with Crippen LogP contribution in [0.25, 0.3) is 111 Å². The Morgan fingerprint density at radius 3 is 1.45 bits per heavy atom. The monoisotopic (exact) mass is 701 g/mol. The van der Waals surface area contributed by atoms with Crippen molar-refractivity contribution in [1.29, 1.82) is 0 Å². The summed E-state index contributed by atoms with van der Waals surface area (Å²) in [6.45, 7) is 0. The zero-order valence-electron chi connectivity index (χ0n) is 29.6. The lowest BCUT2D eigenvalue weighted by atomic mass is 9.93. The van der Waals surface area contributed by atoms with E-state index in [-0.39, 0.29) is 0 Å². The van der Waals surface area contributed by atoms with Gasteiger partial charge in [-0.05, 0) is 84.9 Å². The smallest absolute Gasteiger partial charge is 0.167 e. The molecule has 256 valence electrons. The molecule has 2 aromatic heterocycles. The van der Waals surface area contributed by atoms with Gasteiger partial charge in [0.25, 0.3) is 0 Å². The molecule has 0 unspecified atom stereocenters. The van der Waals surface area contributed by atoms with Crippen LogP contribution in [0.5, 0.6) is 0 Å². The Bertz CT molecular complexity index is 3270. The molecule has 2 heterocycles. The van der Waals surface area contributed by atoms with Gasteiger partial charge in [0.05, 0.1) is 5.56 Å². The minimum Gasteiger partial charge on any atom is -0.455 e. The number of fused-ring (bicyclic) bond motifs is 6. The molecule has 0 aliphatic carbocycles. The van der Waals surface area contributed by atoms with Crippen LogP contribution in [0.15, 0.2) is 192 Å². The summed E-state index contributed by atoms with van der Waals surface area (Å²) in [4.78, 5) is 15.9. The maximum atomic E-state index is 6.53. The van der Waals surface area contributed by atoms with E-state index in [1.807, 2.05) is 24.3 Å². The second-order valence-corrected chi connectivity index (χ2v) is 13.9. The van der Waals surface area contributed by atoms with Crippen LogP contribution in [0.4, 0.5) is 0 Å². The molecule has 4 nitrogen and oxygen atoms in total. The first-order valence-electron chi connectivity index (χ1n) is 18.5. The first kappa shape index (κ1) is 31.1. The number of nitrogens with zero attached hydrogens (tertiary/aromatic N) is 3. The average molecular weight is 702 g/mol. The molecule has 0 radical (unpaired) electrons. The molecule has 0 amide bonds. The molecule has 0 saturated carbocycles. The van der Waals surface area contributed by atoms with Gasteiger partial charge < -0.3 is 4.42 Å². The van der Waals surface area contributed by atoms with Gasteiger partial charge in [-0.15, -0.1) is 0 Å². The zero-order chi connectivity index (χ0) is 36.3. The van der Waals surface area contributed by atoms with E-state index in [1.165, 1.54) is 16.3 Å². The fraction of sp³-hybridized carbons (Fsp3) is 0. The molecular weight excluding hydrogens is 671 g/mol. The quantitative estimate of drug-likeness (QED) is 0.179. The summed E-state index contributed by atoms with van der Waals surface area (Å²) < 4.78 is 6.53. The largest absolute Gasteiger partial charge is 0.455 e. The molecule has 0 aliphatic heterocycles. The van der Waals surface area contributed by atoms with E-state index in [9.17, 15) is 0 Å². The van der Waals surface area contributed by atoms with Crippen LogP contribution >= 0.6 is 0 Å². The topological polar surface area (TPSA) is 51.8 Å². The van der Waals surface area contributed by atoms with Crippen LogP contribution in [0.1, 0.15) is 0 Å². The van der Waals surface area contributed by atoms with Crippen molar-refractivity contribution in [2.24, 2.45) is 0 Å². The third-order valence-corrected chi connectivity index (χ3v) is 10.8. The molecule has 11 rings (SSSR count). The number of hydrogen-bond donors (Lipinski definition) is 0. The number of furan rings is 1. The Morgan fingerprint density at radius 1 is 0.291 bits per heavy atom. The van der Waals surface area contributed by atoms with E-state index in [2.05, 4.69) is 164 Å². The van der Waals surface area contributed by atoms with Gasteiger partial charge in [-0.1, -0.05) is 158 Å². The van der Waals surface area contributed by atoms with E-state index >= 15 is 0 Å². The molecule has 0 fully saturated rings. The van der Waals surface area contributed by atoms with Crippen LogP contribution in [-0.2, 0) is 0 Å². The van der Waals surface area contributed by atoms with Crippen molar-refractivity contribution in [1.82, 2.24) is 15.0 Å². The van der Waals surface area contributed by atoms with Gasteiger partial charge >= 0.3 is 0 Å². The van der Waals surface area contributed by atoms with Crippen molar-refractivity contribution < 1.29 is 4.42 Å². The van der Waals surface area contributed by atoms with Gasteiger partial charge in [-0.2, -0.15) is 0 Å². The summed E-state index contributed by atoms with van der Waals surface area (Å²) in [6.07, 6.45) is 0. The average Bonchev–Trinajstić information content (AvgIpc) is 3.65. The highest BCUT2D eigenvalue weighted by Gasteiger charge is 2.21. The molecule has 0 atom stereocenters. The molecule has 11 aromatic rings. The summed E-state index contributed by atoms with van der Waals surface area (Å²) in [6, 6.07) is 65.8. The zero-order valence-corrected chi connectivity index (χ0v) is 29.6. The second kappa shape index (κ2) is 12.6. The van der Waals surface area contributed by atoms with Crippen molar-refractivity contribution in [2.75, 3.05) is 0 Å². The van der Waals surface area contributed by atoms with Crippen molar-refractivity contribution in [2.45, 2.75) is 0 Å². The number of benzene rings is 9. The molecule has 0 spiro atoms. The Labute approximate surface area is 317 Å². The molecular formula is C51H31N3O. The Kier molecular flexibility index (Phi) is 7.14. The fourth-order valence-corrected chi connectivity index (χ4v) is 8.13.